The zero-order valence-corrected chi connectivity index (χ0v) is 10.8. The predicted octanol–water partition coefficient (Wildman–Crippen LogP) is 1.04. The van der Waals surface area contributed by atoms with Gasteiger partial charge in [0, 0.05) is 45.0 Å². The molecule has 0 bridgehead atoms. The first-order valence-electron chi connectivity index (χ1n) is 6.17. The number of urea groups is 1. The molecule has 0 spiro atoms. The third kappa shape index (κ3) is 3.43. The van der Waals surface area contributed by atoms with E-state index in [4.69, 9.17) is 5.11 Å². The van der Waals surface area contributed by atoms with E-state index < -0.39 is 5.97 Å². The van der Waals surface area contributed by atoms with Crippen LogP contribution < -0.4 is 0 Å². The molecule has 1 aromatic heterocycles. The fourth-order valence-corrected chi connectivity index (χ4v) is 2.18. The predicted molar refractivity (Wildman–Crippen MR) is 68.4 cm³/mol. The van der Waals surface area contributed by atoms with Crippen LogP contribution in [0.1, 0.15) is 12.0 Å². The smallest absolute Gasteiger partial charge is 0.320 e. The summed E-state index contributed by atoms with van der Waals surface area (Å²) in [7, 11) is 1.74. The fourth-order valence-electron chi connectivity index (χ4n) is 2.18. The van der Waals surface area contributed by atoms with E-state index in [1.165, 1.54) is 0 Å². The van der Waals surface area contributed by atoms with Crippen molar-refractivity contribution in [2.75, 3.05) is 20.1 Å². The minimum atomic E-state index is -0.805. The molecule has 2 heterocycles. The molecular formula is C13H17N3O3. The van der Waals surface area contributed by atoms with Gasteiger partial charge in [-0.1, -0.05) is 6.07 Å². The molecule has 0 saturated carbocycles. The molecular weight excluding hydrogens is 246 g/mol. The number of aliphatic carboxylic acids is 1. The molecule has 2 rings (SSSR count). The number of amides is 2. The van der Waals surface area contributed by atoms with E-state index in [-0.39, 0.29) is 18.4 Å². The third-order valence-corrected chi connectivity index (χ3v) is 3.16. The van der Waals surface area contributed by atoms with Crippen LogP contribution in [0, 0.1) is 5.92 Å². The van der Waals surface area contributed by atoms with E-state index in [9.17, 15) is 9.59 Å². The van der Waals surface area contributed by atoms with Crippen LogP contribution in [0.25, 0.3) is 0 Å². The number of aromatic nitrogens is 1. The lowest BCUT2D eigenvalue weighted by molar-refractivity contribution is -0.139. The first kappa shape index (κ1) is 13.3. The zero-order chi connectivity index (χ0) is 13.8. The molecule has 19 heavy (non-hydrogen) atoms. The van der Waals surface area contributed by atoms with Gasteiger partial charge in [0.15, 0.2) is 0 Å². The molecule has 102 valence electrons. The Hall–Kier alpha value is -2.11. The van der Waals surface area contributed by atoms with Crippen molar-refractivity contribution in [2.45, 2.75) is 13.0 Å². The van der Waals surface area contributed by atoms with Gasteiger partial charge in [-0.05, 0) is 11.6 Å². The van der Waals surface area contributed by atoms with Crippen molar-refractivity contribution in [2.24, 2.45) is 5.92 Å². The van der Waals surface area contributed by atoms with Gasteiger partial charge in [-0.15, -0.1) is 0 Å². The maximum absolute atomic E-state index is 12.0. The van der Waals surface area contributed by atoms with Crippen LogP contribution >= 0.6 is 0 Å². The van der Waals surface area contributed by atoms with Crippen molar-refractivity contribution in [3.8, 4) is 0 Å². The summed E-state index contributed by atoms with van der Waals surface area (Å²) in [6.07, 6.45) is 3.56. The highest BCUT2D eigenvalue weighted by atomic mass is 16.4. The monoisotopic (exact) mass is 263 g/mol. The first-order chi connectivity index (χ1) is 9.06. The van der Waals surface area contributed by atoms with Gasteiger partial charge < -0.3 is 14.9 Å². The number of likely N-dealkylation sites (tertiary alicyclic amines) is 1. The highest BCUT2D eigenvalue weighted by Crippen LogP contribution is 2.20. The lowest BCUT2D eigenvalue weighted by Gasteiger charge is -2.40. The Morgan fingerprint density at radius 2 is 2.26 bits per heavy atom. The number of rotatable bonds is 4. The summed E-state index contributed by atoms with van der Waals surface area (Å²) in [6, 6.07) is 3.69. The molecule has 6 nitrogen and oxygen atoms in total. The van der Waals surface area contributed by atoms with Crippen molar-refractivity contribution >= 4 is 12.0 Å². The summed E-state index contributed by atoms with van der Waals surface area (Å²) in [6.45, 7) is 1.57. The lowest BCUT2D eigenvalue weighted by Crippen LogP contribution is -2.54. The number of pyridine rings is 1. The zero-order valence-electron chi connectivity index (χ0n) is 10.8. The van der Waals surface area contributed by atoms with E-state index >= 15 is 0 Å². The number of carbonyl (C=O) groups is 2. The number of nitrogens with zero attached hydrogens (tertiary/aromatic N) is 3. The summed E-state index contributed by atoms with van der Waals surface area (Å²) in [5.74, 6) is -0.714. The average molecular weight is 263 g/mol. The fraction of sp³-hybridized carbons (Fsp3) is 0.462. The van der Waals surface area contributed by atoms with E-state index in [0.717, 1.165) is 5.56 Å². The van der Waals surface area contributed by atoms with E-state index in [1.807, 2.05) is 12.1 Å². The van der Waals surface area contributed by atoms with Gasteiger partial charge in [0.2, 0.25) is 0 Å². The quantitative estimate of drug-likeness (QED) is 0.880. The first-order valence-corrected chi connectivity index (χ1v) is 6.17. The number of carboxylic acids is 1. The Morgan fingerprint density at radius 3 is 2.84 bits per heavy atom. The van der Waals surface area contributed by atoms with E-state index in [1.54, 1.807) is 29.2 Å². The summed E-state index contributed by atoms with van der Waals surface area (Å²) >= 11 is 0. The molecule has 0 atom stereocenters. The summed E-state index contributed by atoms with van der Waals surface area (Å²) in [4.78, 5) is 29.9. The third-order valence-electron chi connectivity index (χ3n) is 3.16. The molecule has 1 aliphatic heterocycles. The van der Waals surface area contributed by atoms with Crippen LogP contribution in [0.3, 0.4) is 0 Å². The number of carbonyl (C=O) groups excluding carboxylic acids is 1. The molecule has 1 aromatic rings. The van der Waals surface area contributed by atoms with Gasteiger partial charge in [-0.25, -0.2) is 4.79 Å². The highest BCUT2D eigenvalue weighted by molar-refractivity contribution is 5.75. The van der Waals surface area contributed by atoms with Gasteiger partial charge in [-0.3, -0.25) is 9.78 Å². The van der Waals surface area contributed by atoms with Crippen molar-refractivity contribution in [3.63, 3.8) is 0 Å². The summed E-state index contributed by atoms with van der Waals surface area (Å²) in [5.41, 5.74) is 0.973. The molecule has 0 aromatic carbocycles. The topological polar surface area (TPSA) is 73.7 Å². The standard InChI is InChI=1S/C13H17N3O3/c1-15(7-10-3-2-4-14-6-10)13(19)16-8-11(9-16)5-12(17)18/h2-4,6,11H,5,7-9H2,1H3,(H,17,18). The molecule has 6 heteroatoms. The van der Waals surface area contributed by atoms with Gasteiger partial charge >= 0.3 is 12.0 Å². The molecule has 1 aliphatic rings. The van der Waals surface area contributed by atoms with Gasteiger partial charge in [0.1, 0.15) is 0 Å². The lowest BCUT2D eigenvalue weighted by atomic mass is 9.97. The minimum Gasteiger partial charge on any atom is -0.481 e. The van der Waals surface area contributed by atoms with Crippen LogP contribution in [-0.2, 0) is 11.3 Å². The minimum absolute atomic E-state index is 0.0644. The van der Waals surface area contributed by atoms with Crippen LogP contribution in [0.5, 0.6) is 0 Å². The summed E-state index contributed by atoms with van der Waals surface area (Å²) < 4.78 is 0. The molecule has 1 fully saturated rings. The average Bonchev–Trinajstić information content (AvgIpc) is 2.33. The molecule has 1 saturated heterocycles. The number of hydrogen-bond acceptors (Lipinski definition) is 3. The Labute approximate surface area is 111 Å². The highest BCUT2D eigenvalue weighted by Gasteiger charge is 2.33. The maximum atomic E-state index is 12.0. The molecule has 1 N–H and O–H groups in total. The van der Waals surface area contributed by atoms with Crippen molar-refractivity contribution in [1.29, 1.82) is 0 Å². The molecule has 0 radical (unpaired) electrons. The largest absolute Gasteiger partial charge is 0.481 e. The van der Waals surface area contributed by atoms with Crippen LogP contribution in [-0.4, -0.2) is 52.0 Å². The van der Waals surface area contributed by atoms with Crippen LogP contribution in [0.15, 0.2) is 24.5 Å². The van der Waals surface area contributed by atoms with Crippen molar-refractivity contribution in [3.05, 3.63) is 30.1 Å². The SMILES string of the molecule is CN(Cc1cccnc1)C(=O)N1CC(CC(=O)O)C1. The Morgan fingerprint density at radius 1 is 1.53 bits per heavy atom. The molecule has 2 amide bonds. The Bertz CT molecular complexity index is 457. The second-order valence-corrected chi connectivity index (χ2v) is 4.87. The van der Waals surface area contributed by atoms with Crippen LogP contribution in [0.4, 0.5) is 4.79 Å². The van der Waals surface area contributed by atoms with E-state index in [2.05, 4.69) is 4.98 Å². The number of hydrogen-bond donors (Lipinski definition) is 1. The van der Waals surface area contributed by atoms with Gasteiger partial charge in [0.05, 0.1) is 6.42 Å². The molecule has 0 unspecified atom stereocenters. The Kier molecular flexibility index (Phi) is 3.99. The second-order valence-electron chi connectivity index (χ2n) is 4.87. The molecule has 0 aliphatic carbocycles. The van der Waals surface area contributed by atoms with Crippen molar-refractivity contribution in [1.82, 2.24) is 14.8 Å². The normalized spacial score (nSPS) is 14.9. The Balaban J connectivity index is 1.80. The van der Waals surface area contributed by atoms with Crippen LogP contribution in [0.2, 0.25) is 0 Å². The van der Waals surface area contributed by atoms with Gasteiger partial charge in [-0.2, -0.15) is 0 Å². The van der Waals surface area contributed by atoms with Crippen molar-refractivity contribution < 1.29 is 14.7 Å². The van der Waals surface area contributed by atoms with E-state index in [0.29, 0.717) is 19.6 Å². The summed E-state index contributed by atoms with van der Waals surface area (Å²) in [5, 5.41) is 8.66. The second kappa shape index (κ2) is 5.69. The number of carboxylic acid groups (broad SMARTS) is 1. The maximum Gasteiger partial charge on any atom is 0.320 e. The van der Waals surface area contributed by atoms with Gasteiger partial charge in [0.25, 0.3) is 0 Å².